The zero-order valence-corrected chi connectivity index (χ0v) is 14.0. The maximum Gasteiger partial charge on any atom is 0.326 e. The van der Waals surface area contributed by atoms with Crippen molar-refractivity contribution in [3.05, 3.63) is 64.7 Å². The first-order valence-corrected chi connectivity index (χ1v) is 7.64. The summed E-state index contributed by atoms with van der Waals surface area (Å²) in [4.78, 5) is 25.6. The number of carboxylic acids is 1. The van der Waals surface area contributed by atoms with Gasteiger partial charge in [0.1, 0.15) is 11.8 Å². The summed E-state index contributed by atoms with van der Waals surface area (Å²) < 4.78 is 0. The highest BCUT2D eigenvalue weighted by molar-refractivity contribution is 5.96. The summed E-state index contributed by atoms with van der Waals surface area (Å²) in [5, 5.41) is 18.8. The van der Waals surface area contributed by atoms with E-state index in [9.17, 15) is 19.8 Å². The Bertz CT molecular complexity index is 732. The van der Waals surface area contributed by atoms with Crippen LogP contribution in [-0.4, -0.2) is 40.1 Å². The molecule has 1 amide bonds. The number of aliphatic carboxylic acids is 1. The molecule has 0 unspecified atom stereocenters. The molecule has 0 bridgehead atoms. The number of likely N-dealkylation sites (N-methyl/N-ethyl adjacent to an activating group) is 1. The number of carbonyl (C=O) groups excluding carboxylic acids is 1. The number of hydrogen-bond donors (Lipinski definition) is 2. The molecule has 24 heavy (non-hydrogen) atoms. The summed E-state index contributed by atoms with van der Waals surface area (Å²) >= 11 is 0. The number of carbonyl (C=O) groups is 2. The second-order valence-electron chi connectivity index (χ2n) is 6.02. The highest BCUT2D eigenvalue weighted by Crippen LogP contribution is 2.16. The molecule has 0 saturated carbocycles. The average Bonchev–Trinajstić information content (AvgIpc) is 2.51. The van der Waals surface area contributed by atoms with Gasteiger partial charge in [-0.1, -0.05) is 29.3 Å². The Kier molecular flexibility index (Phi) is 5.24. The molecule has 0 aliphatic heterocycles. The van der Waals surface area contributed by atoms with Crippen LogP contribution in [0, 0.1) is 13.8 Å². The molecule has 0 aliphatic carbocycles. The number of aryl methyl sites for hydroxylation is 2. The van der Waals surface area contributed by atoms with Crippen LogP contribution in [0.1, 0.15) is 27.0 Å². The van der Waals surface area contributed by atoms with Crippen molar-refractivity contribution in [1.82, 2.24) is 4.90 Å². The first-order valence-electron chi connectivity index (χ1n) is 7.64. The molecule has 0 saturated heterocycles. The Hall–Kier alpha value is -2.82. The first-order chi connectivity index (χ1) is 11.3. The van der Waals surface area contributed by atoms with Gasteiger partial charge >= 0.3 is 5.97 Å². The van der Waals surface area contributed by atoms with Gasteiger partial charge in [0.25, 0.3) is 5.91 Å². The zero-order valence-electron chi connectivity index (χ0n) is 14.0. The van der Waals surface area contributed by atoms with E-state index in [0.29, 0.717) is 5.56 Å². The molecule has 2 aromatic carbocycles. The van der Waals surface area contributed by atoms with Gasteiger partial charge in [-0.2, -0.15) is 0 Å². The molecule has 126 valence electrons. The Labute approximate surface area is 141 Å². The Morgan fingerprint density at radius 1 is 1.04 bits per heavy atom. The van der Waals surface area contributed by atoms with Crippen LogP contribution in [0.2, 0.25) is 0 Å². The van der Waals surface area contributed by atoms with E-state index in [-0.39, 0.29) is 18.1 Å². The molecular weight excluding hydrogens is 306 g/mol. The normalized spacial score (nSPS) is 11.8. The van der Waals surface area contributed by atoms with Crippen LogP contribution >= 0.6 is 0 Å². The third-order valence-electron chi connectivity index (χ3n) is 3.91. The Morgan fingerprint density at radius 3 is 2.08 bits per heavy atom. The van der Waals surface area contributed by atoms with Crippen molar-refractivity contribution in [3.63, 3.8) is 0 Å². The van der Waals surface area contributed by atoms with Gasteiger partial charge in [0.15, 0.2) is 0 Å². The molecule has 0 spiro atoms. The molecule has 5 nitrogen and oxygen atoms in total. The van der Waals surface area contributed by atoms with Crippen LogP contribution in [0.15, 0.2) is 42.5 Å². The lowest BCUT2D eigenvalue weighted by molar-refractivity contribution is -0.141. The number of carboxylic acid groups (broad SMARTS) is 1. The number of nitrogens with zero attached hydrogens (tertiary/aromatic N) is 1. The van der Waals surface area contributed by atoms with Crippen molar-refractivity contribution in [2.75, 3.05) is 7.05 Å². The number of aromatic hydroxyl groups is 1. The van der Waals surface area contributed by atoms with E-state index in [2.05, 4.69) is 0 Å². The van der Waals surface area contributed by atoms with Crippen LogP contribution in [0.25, 0.3) is 0 Å². The van der Waals surface area contributed by atoms with E-state index in [1.807, 2.05) is 19.9 Å². The van der Waals surface area contributed by atoms with Crippen molar-refractivity contribution in [2.24, 2.45) is 0 Å². The molecule has 2 N–H and O–H groups in total. The maximum absolute atomic E-state index is 12.7. The number of phenolic OH excluding ortho intramolecular Hbond substituents is 1. The predicted octanol–water partition coefficient (Wildman–Crippen LogP) is 2.78. The number of benzene rings is 2. The van der Waals surface area contributed by atoms with Crippen LogP contribution in [0.4, 0.5) is 0 Å². The van der Waals surface area contributed by atoms with Gasteiger partial charge < -0.3 is 15.1 Å². The smallest absolute Gasteiger partial charge is 0.326 e. The molecule has 0 heterocycles. The van der Waals surface area contributed by atoms with Gasteiger partial charge in [0, 0.05) is 19.0 Å². The lowest BCUT2D eigenvalue weighted by atomic mass is 10.0. The molecule has 1 atom stereocenters. The summed E-state index contributed by atoms with van der Waals surface area (Å²) in [6.45, 7) is 3.80. The van der Waals surface area contributed by atoms with Gasteiger partial charge in [-0.25, -0.2) is 4.79 Å². The predicted molar refractivity (Wildman–Crippen MR) is 91.2 cm³/mol. The fourth-order valence-electron chi connectivity index (χ4n) is 2.69. The third kappa shape index (κ3) is 4.13. The number of amides is 1. The fraction of sp³-hybridized carbons (Fsp3) is 0.263. The lowest BCUT2D eigenvalue weighted by Gasteiger charge is -2.25. The van der Waals surface area contributed by atoms with Crippen molar-refractivity contribution >= 4 is 11.9 Å². The Morgan fingerprint density at radius 2 is 1.58 bits per heavy atom. The van der Waals surface area contributed by atoms with Crippen LogP contribution in [-0.2, 0) is 11.2 Å². The quantitative estimate of drug-likeness (QED) is 0.885. The largest absolute Gasteiger partial charge is 0.508 e. The van der Waals surface area contributed by atoms with Gasteiger partial charge in [-0.05, 0) is 43.7 Å². The topological polar surface area (TPSA) is 77.8 Å². The highest BCUT2D eigenvalue weighted by Gasteiger charge is 2.27. The van der Waals surface area contributed by atoms with Crippen molar-refractivity contribution in [2.45, 2.75) is 26.3 Å². The van der Waals surface area contributed by atoms with E-state index in [0.717, 1.165) is 16.7 Å². The minimum atomic E-state index is -1.07. The number of phenols is 1. The SMILES string of the molecule is Cc1cc(C)cc(C(=O)N(C)[C@@H](Cc2ccc(O)cc2)C(=O)O)c1. The van der Waals surface area contributed by atoms with E-state index < -0.39 is 12.0 Å². The standard InChI is InChI=1S/C19H21NO4/c1-12-8-13(2)10-15(9-12)18(22)20(3)17(19(23)24)11-14-4-6-16(21)7-5-14/h4-10,17,21H,11H2,1-3H3,(H,23,24)/t17-/m0/s1. The van der Waals surface area contributed by atoms with E-state index in [4.69, 9.17) is 0 Å². The summed E-state index contributed by atoms with van der Waals surface area (Å²) in [7, 11) is 1.50. The van der Waals surface area contributed by atoms with Crippen LogP contribution in [0.5, 0.6) is 5.75 Å². The molecule has 0 aromatic heterocycles. The van der Waals surface area contributed by atoms with Gasteiger partial charge in [0.2, 0.25) is 0 Å². The van der Waals surface area contributed by atoms with E-state index in [1.165, 1.54) is 24.1 Å². The summed E-state index contributed by atoms with van der Waals surface area (Å²) in [5.74, 6) is -1.28. The van der Waals surface area contributed by atoms with E-state index >= 15 is 0 Å². The van der Waals surface area contributed by atoms with Crippen molar-refractivity contribution in [1.29, 1.82) is 0 Å². The average molecular weight is 327 g/mol. The van der Waals surface area contributed by atoms with Crippen molar-refractivity contribution < 1.29 is 19.8 Å². The molecule has 0 fully saturated rings. The third-order valence-corrected chi connectivity index (χ3v) is 3.91. The lowest BCUT2D eigenvalue weighted by Crippen LogP contribution is -2.43. The zero-order chi connectivity index (χ0) is 17.9. The minimum Gasteiger partial charge on any atom is -0.508 e. The van der Waals surface area contributed by atoms with Gasteiger partial charge in [-0.3, -0.25) is 4.79 Å². The monoisotopic (exact) mass is 327 g/mol. The molecule has 0 aliphatic rings. The highest BCUT2D eigenvalue weighted by atomic mass is 16.4. The number of hydrogen-bond acceptors (Lipinski definition) is 3. The Balaban J connectivity index is 2.24. The van der Waals surface area contributed by atoms with Crippen molar-refractivity contribution in [3.8, 4) is 5.75 Å². The summed E-state index contributed by atoms with van der Waals surface area (Å²) in [5.41, 5.74) is 3.13. The molecule has 2 aromatic rings. The molecular formula is C19H21NO4. The molecule has 2 rings (SSSR count). The van der Waals surface area contributed by atoms with Crippen LogP contribution < -0.4 is 0 Å². The van der Waals surface area contributed by atoms with Crippen LogP contribution in [0.3, 0.4) is 0 Å². The molecule has 5 heteroatoms. The first kappa shape index (κ1) is 17.5. The fourth-order valence-corrected chi connectivity index (χ4v) is 2.69. The second-order valence-corrected chi connectivity index (χ2v) is 6.02. The van der Waals surface area contributed by atoms with E-state index in [1.54, 1.807) is 24.3 Å². The number of rotatable bonds is 5. The minimum absolute atomic E-state index is 0.116. The second kappa shape index (κ2) is 7.17. The summed E-state index contributed by atoms with van der Waals surface area (Å²) in [6, 6.07) is 10.8. The maximum atomic E-state index is 12.7. The van der Waals surface area contributed by atoms with Gasteiger partial charge in [0.05, 0.1) is 0 Å². The van der Waals surface area contributed by atoms with Gasteiger partial charge in [-0.15, -0.1) is 0 Å². The molecule has 0 radical (unpaired) electrons. The summed E-state index contributed by atoms with van der Waals surface area (Å²) in [6.07, 6.45) is 0.169.